The van der Waals surface area contributed by atoms with E-state index in [-0.39, 0.29) is 18.1 Å². The van der Waals surface area contributed by atoms with E-state index in [0.717, 1.165) is 16.9 Å². The molecule has 0 saturated carbocycles. The minimum Gasteiger partial charge on any atom is -0.465 e. The summed E-state index contributed by atoms with van der Waals surface area (Å²) in [5.41, 5.74) is 2.51. The van der Waals surface area contributed by atoms with Crippen LogP contribution in [0.1, 0.15) is 29.1 Å². The minimum atomic E-state index is -1.04. The lowest BCUT2D eigenvalue weighted by Crippen LogP contribution is -2.25. The normalized spacial score (nSPS) is 12.0. The monoisotopic (exact) mass is 450 g/mol. The van der Waals surface area contributed by atoms with Gasteiger partial charge in [0, 0.05) is 16.1 Å². The summed E-state index contributed by atoms with van der Waals surface area (Å²) in [5, 5.41) is 11.4. The molecule has 1 atom stereocenters. The minimum absolute atomic E-state index is 0.0282. The van der Waals surface area contributed by atoms with Crippen molar-refractivity contribution in [2.45, 2.75) is 31.8 Å². The zero-order valence-electron chi connectivity index (χ0n) is 16.1. The second-order valence-electron chi connectivity index (χ2n) is 6.18. The third-order valence-electron chi connectivity index (χ3n) is 4.02. The maximum absolute atomic E-state index is 12.9. The summed E-state index contributed by atoms with van der Waals surface area (Å²) in [5.74, 6) is -1.88. The molecule has 0 saturated heterocycles. The van der Waals surface area contributed by atoms with Gasteiger partial charge in [-0.3, -0.25) is 14.2 Å². The van der Waals surface area contributed by atoms with Gasteiger partial charge in [0.15, 0.2) is 16.9 Å². The predicted octanol–water partition coefficient (Wildman–Crippen LogP) is 4.00. The van der Waals surface area contributed by atoms with Gasteiger partial charge in [-0.1, -0.05) is 29.4 Å². The molecule has 0 N–H and O–H groups in total. The van der Waals surface area contributed by atoms with Crippen LogP contribution in [0, 0.1) is 13.8 Å². The maximum Gasteiger partial charge on any atom is 0.323 e. The Morgan fingerprint density at radius 1 is 1.34 bits per heavy atom. The second-order valence-corrected chi connectivity index (χ2v) is 8.42. The number of carbonyl (C=O) groups excluding carboxylic acids is 2. The van der Waals surface area contributed by atoms with Gasteiger partial charge in [-0.15, -0.1) is 21.5 Å². The number of hydrogen-bond donors (Lipinski definition) is 0. The molecule has 7 nitrogen and oxygen atoms in total. The van der Waals surface area contributed by atoms with Crippen molar-refractivity contribution in [3.05, 3.63) is 51.2 Å². The predicted molar refractivity (Wildman–Crippen MR) is 113 cm³/mol. The van der Waals surface area contributed by atoms with E-state index in [0.29, 0.717) is 15.2 Å². The van der Waals surface area contributed by atoms with E-state index in [4.69, 9.17) is 16.3 Å². The summed E-state index contributed by atoms with van der Waals surface area (Å²) >= 11 is 8.69. The highest BCUT2D eigenvalue weighted by Crippen LogP contribution is 2.28. The molecule has 3 aromatic rings. The SMILES string of the molecule is CCOC(=O)[C@@H](C(=O)CSc1nncn1-c1ccc(C)c(Cl)c1)c1nc(C)cs1. The van der Waals surface area contributed by atoms with Crippen LogP contribution in [0.15, 0.2) is 35.1 Å². The van der Waals surface area contributed by atoms with Gasteiger partial charge in [-0.25, -0.2) is 4.98 Å². The van der Waals surface area contributed by atoms with Crippen molar-refractivity contribution in [2.75, 3.05) is 12.4 Å². The van der Waals surface area contributed by atoms with E-state index in [9.17, 15) is 9.59 Å². The second kappa shape index (κ2) is 9.51. The molecule has 3 rings (SSSR count). The van der Waals surface area contributed by atoms with Gasteiger partial charge in [0.2, 0.25) is 0 Å². The molecule has 0 spiro atoms. The first-order valence-electron chi connectivity index (χ1n) is 8.81. The molecule has 0 aliphatic heterocycles. The lowest BCUT2D eigenvalue weighted by Gasteiger charge is -2.12. The lowest BCUT2D eigenvalue weighted by atomic mass is 10.1. The Balaban J connectivity index is 1.78. The molecule has 2 heterocycles. The summed E-state index contributed by atoms with van der Waals surface area (Å²) in [6.45, 7) is 5.64. The Morgan fingerprint density at radius 3 is 2.79 bits per heavy atom. The van der Waals surface area contributed by atoms with Crippen LogP contribution in [0.25, 0.3) is 5.69 Å². The maximum atomic E-state index is 12.9. The van der Waals surface area contributed by atoms with Gasteiger partial charge in [0.05, 0.1) is 18.0 Å². The number of esters is 1. The third-order valence-corrected chi connectivity index (χ3v) is 6.42. The van der Waals surface area contributed by atoms with E-state index < -0.39 is 11.9 Å². The summed E-state index contributed by atoms with van der Waals surface area (Å²) in [6.07, 6.45) is 1.56. The Kier molecular flexibility index (Phi) is 7.05. The van der Waals surface area contributed by atoms with Crippen molar-refractivity contribution in [1.29, 1.82) is 0 Å². The molecule has 0 amide bonds. The average Bonchev–Trinajstić information content (AvgIpc) is 3.32. The Labute approximate surface area is 181 Å². The fraction of sp³-hybridized carbons (Fsp3) is 0.316. The molecule has 0 bridgehead atoms. The molecule has 0 fully saturated rings. The van der Waals surface area contributed by atoms with Crippen LogP contribution >= 0.6 is 34.7 Å². The number of halogens is 1. The number of hydrogen-bond acceptors (Lipinski definition) is 8. The number of thioether (sulfide) groups is 1. The van der Waals surface area contributed by atoms with E-state index >= 15 is 0 Å². The summed E-state index contributed by atoms with van der Waals surface area (Å²) in [7, 11) is 0. The van der Waals surface area contributed by atoms with E-state index in [1.165, 1.54) is 23.1 Å². The van der Waals surface area contributed by atoms with Crippen LogP contribution in [0.5, 0.6) is 0 Å². The van der Waals surface area contributed by atoms with Crippen molar-refractivity contribution in [3.8, 4) is 5.69 Å². The first-order chi connectivity index (χ1) is 13.9. The molecule has 29 heavy (non-hydrogen) atoms. The third kappa shape index (κ3) is 5.04. The molecule has 0 aliphatic rings. The molecule has 2 aromatic heterocycles. The zero-order chi connectivity index (χ0) is 21.0. The number of thiazole rings is 1. The first kappa shape index (κ1) is 21.5. The largest absolute Gasteiger partial charge is 0.465 e. The fourth-order valence-corrected chi connectivity index (χ4v) is 4.46. The molecule has 10 heteroatoms. The van der Waals surface area contributed by atoms with Crippen molar-refractivity contribution in [1.82, 2.24) is 19.7 Å². The molecule has 0 radical (unpaired) electrons. The molecule has 0 unspecified atom stereocenters. The van der Waals surface area contributed by atoms with Crippen LogP contribution < -0.4 is 0 Å². The van der Waals surface area contributed by atoms with E-state index in [2.05, 4.69) is 15.2 Å². The number of rotatable bonds is 8. The van der Waals surface area contributed by atoms with Crippen molar-refractivity contribution in [2.24, 2.45) is 0 Å². The highest BCUT2D eigenvalue weighted by molar-refractivity contribution is 7.99. The smallest absolute Gasteiger partial charge is 0.323 e. The fourth-order valence-electron chi connectivity index (χ4n) is 2.55. The quantitative estimate of drug-likeness (QED) is 0.291. The van der Waals surface area contributed by atoms with Gasteiger partial charge in [-0.2, -0.15) is 0 Å². The molecule has 0 aliphatic carbocycles. The molecule has 1 aromatic carbocycles. The van der Waals surface area contributed by atoms with Crippen molar-refractivity contribution in [3.63, 3.8) is 0 Å². The van der Waals surface area contributed by atoms with Gasteiger partial charge >= 0.3 is 5.97 Å². The highest BCUT2D eigenvalue weighted by Gasteiger charge is 2.32. The van der Waals surface area contributed by atoms with Crippen LogP contribution in [0.2, 0.25) is 5.02 Å². The highest BCUT2D eigenvalue weighted by atomic mass is 35.5. The molecule has 152 valence electrons. The number of ketones is 1. The van der Waals surface area contributed by atoms with E-state index in [1.54, 1.807) is 23.2 Å². The van der Waals surface area contributed by atoms with Crippen LogP contribution in [0.3, 0.4) is 0 Å². The standard InChI is InChI=1S/C19H19ClN4O3S2/c1-4-27-18(26)16(17-22-12(3)8-28-17)15(25)9-29-19-23-21-10-24(19)13-6-5-11(2)14(20)7-13/h5-8,10,16H,4,9H2,1-3H3/t16-/m0/s1. The Hall–Kier alpha value is -2.23. The van der Waals surface area contributed by atoms with Crippen LogP contribution in [-0.2, 0) is 14.3 Å². The lowest BCUT2D eigenvalue weighted by molar-refractivity contribution is -0.147. The number of nitrogens with zero attached hydrogens (tertiary/aromatic N) is 4. The van der Waals surface area contributed by atoms with Gasteiger partial charge < -0.3 is 4.74 Å². The van der Waals surface area contributed by atoms with Gasteiger partial charge in [0.25, 0.3) is 0 Å². The number of ether oxygens (including phenoxy) is 1. The van der Waals surface area contributed by atoms with Crippen molar-refractivity contribution < 1.29 is 14.3 Å². The summed E-state index contributed by atoms with van der Waals surface area (Å²) < 4.78 is 6.84. The average molecular weight is 451 g/mol. The van der Waals surface area contributed by atoms with E-state index in [1.807, 2.05) is 32.0 Å². The number of benzene rings is 1. The van der Waals surface area contributed by atoms with Gasteiger partial charge in [0.1, 0.15) is 11.3 Å². The topological polar surface area (TPSA) is 87.0 Å². The number of Topliss-reactive ketones (excluding diaryl/α,β-unsaturated/α-hetero) is 1. The van der Waals surface area contributed by atoms with Crippen LogP contribution in [0.4, 0.5) is 0 Å². The summed E-state index contributed by atoms with van der Waals surface area (Å²) in [6, 6.07) is 5.61. The Morgan fingerprint density at radius 2 is 2.14 bits per heavy atom. The zero-order valence-corrected chi connectivity index (χ0v) is 18.5. The molecular weight excluding hydrogens is 432 g/mol. The van der Waals surface area contributed by atoms with Crippen molar-refractivity contribution >= 4 is 46.5 Å². The van der Waals surface area contributed by atoms with Gasteiger partial charge in [-0.05, 0) is 38.5 Å². The Bertz CT molecular complexity index is 1030. The first-order valence-corrected chi connectivity index (χ1v) is 11.1. The number of carbonyl (C=O) groups is 2. The summed E-state index contributed by atoms with van der Waals surface area (Å²) in [4.78, 5) is 29.6. The number of aryl methyl sites for hydroxylation is 2. The van der Waals surface area contributed by atoms with Crippen LogP contribution in [-0.4, -0.2) is 43.9 Å². The number of aromatic nitrogens is 4. The molecular formula is C19H19ClN4O3S2.